The minimum absolute atomic E-state index is 0.0895. The molecular weight excluding hydrogens is 253 g/mol. The number of rotatable bonds is 1. The Morgan fingerprint density at radius 2 is 2.22 bits per heavy atom. The van der Waals surface area contributed by atoms with Gasteiger partial charge in [-0.05, 0) is 43.9 Å². The molecular formula is C14H17ClFNO. The Bertz CT molecular complexity index is 487. The minimum Gasteiger partial charge on any atom is -0.305 e. The van der Waals surface area contributed by atoms with Crippen molar-refractivity contribution in [1.82, 2.24) is 0 Å². The van der Waals surface area contributed by atoms with Gasteiger partial charge in [0.25, 0.3) is 0 Å². The molecule has 0 radical (unpaired) electrons. The largest absolute Gasteiger partial charge is 0.305 e. The van der Waals surface area contributed by atoms with E-state index < -0.39 is 0 Å². The zero-order chi connectivity index (χ0) is 13.5. The molecule has 0 N–H and O–H groups in total. The lowest BCUT2D eigenvalue weighted by atomic mass is 9.80. The highest BCUT2D eigenvalue weighted by molar-refractivity contribution is 6.29. The van der Waals surface area contributed by atoms with E-state index in [1.807, 2.05) is 13.8 Å². The fourth-order valence-electron chi connectivity index (χ4n) is 2.94. The van der Waals surface area contributed by atoms with Crippen LogP contribution in [0.5, 0.6) is 0 Å². The molecule has 18 heavy (non-hydrogen) atoms. The van der Waals surface area contributed by atoms with Crippen molar-refractivity contribution in [1.29, 1.82) is 0 Å². The standard InChI is InChI=1S/C14H17ClFNO/c1-9-7-14(2,3)17(13(18)8-15)12-6-10(16)4-5-11(9)12/h4-6,9H,7-8H2,1-3H3. The number of amides is 1. The van der Waals surface area contributed by atoms with Crippen LogP contribution in [0, 0.1) is 5.82 Å². The third-order valence-electron chi connectivity index (χ3n) is 3.54. The summed E-state index contributed by atoms with van der Waals surface area (Å²) >= 11 is 5.67. The lowest BCUT2D eigenvalue weighted by molar-refractivity contribution is -0.117. The van der Waals surface area contributed by atoms with Gasteiger partial charge in [-0.1, -0.05) is 13.0 Å². The fourth-order valence-corrected chi connectivity index (χ4v) is 3.06. The maximum Gasteiger partial charge on any atom is 0.242 e. The van der Waals surface area contributed by atoms with Crippen LogP contribution in [0.3, 0.4) is 0 Å². The highest BCUT2D eigenvalue weighted by Crippen LogP contribution is 2.43. The number of benzene rings is 1. The average molecular weight is 270 g/mol. The van der Waals surface area contributed by atoms with Crippen LogP contribution in [-0.4, -0.2) is 17.3 Å². The maximum absolute atomic E-state index is 13.4. The van der Waals surface area contributed by atoms with Gasteiger partial charge in [-0.3, -0.25) is 4.79 Å². The van der Waals surface area contributed by atoms with Crippen molar-refractivity contribution in [3.05, 3.63) is 29.6 Å². The van der Waals surface area contributed by atoms with Gasteiger partial charge in [-0.25, -0.2) is 4.39 Å². The molecule has 0 bridgehead atoms. The number of nitrogens with zero attached hydrogens (tertiary/aromatic N) is 1. The molecule has 1 aromatic carbocycles. The van der Waals surface area contributed by atoms with Crippen LogP contribution >= 0.6 is 11.6 Å². The van der Waals surface area contributed by atoms with E-state index in [2.05, 4.69) is 6.92 Å². The van der Waals surface area contributed by atoms with Crippen LogP contribution in [0.2, 0.25) is 0 Å². The predicted octanol–water partition coefficient (Wildman–Crippen LogP) is 3.68. The number of anilines is 1. The third kappa shape index (κ3) is 2.12. The summed E-state index contributed by atoms with van der Waals surface area (Å²) in [6.07, 6.45) is 0.842. The van der Waals surface area contributed by atoms with Crippen LogP contribution in [-0.2, 0) is 4.79 Å². The van der Waals surface area contributed by atoms with E-state index in [4.69, 9.17) is 11.6 Å². The van der Waals surface area contributed by atoms with Crippen molar-refractivity contribution in [3.8, 4) is 0 Å². The van der Waals surface area contributed by atoms with E-state index in [0.717, 1.165) is 12.0 Å². The molecule has 0 aromatic heterocycles. The summed E-state index contributed by atoms with van der Waals surface area (Å²) in [5, 5.41) is 0. The highest BCUT2D eigenvalue weighted by Gasteiger charge is 2.39. The molecule has 0 spiro atoms. The second kappa shape index (κ2) is 4.54. The van der Waals surface area contributed by atoms with Crippen molar-refractivity contribution in [2.45, 2.75) is 38.6 Å². The van der Waals surface area contributed by atoms with Crippen molar-refractivity contribution < 1.29 is 9.18 Å². The fraction of sp³-hybridized carbons (Fsp3) is 0.500. The van der Waals surface area contributed by atoms with Gasteiger partial charge in [-0.2, -0.15) is 0 Å². The molecule has 0 saturated carbocycles. The molecule has 1 aromatic rings. The first-order valence-electron chi connectivity index (χ1n) is 6.05. The summed E-state index contributed by atoms with van der Waals surface area (Å²) in [6.45, 7) is 6.07. The molecule has 2 nitrogen and oxygen atoms in total. The quantitative estimate of drug-likeness (QED) is 0.712. The van der Waals surface area contributed by atoms with Gasteiger partial charge < -0.3 is 4.90 Å². The van der Waals surface area contributed by atoms with Crippen molar-refractivity contribution in [2.24, 2.45) is 0 Å². The number of hydrogen-bond acceptors (Lipinski definition) is 1. The lowest BCUT2D eigenvalue weighted by Crippen LogP contribution is -2.52. The van der Waals surface area contributed by atoms with Gasteiger partial charge >= 0.3 is 0 Å². The lowest BCUT2D eigenvalue weighted by Gasteiger charge is -2.45. The Morgan fingerprint density at radius 3 is 2.83 bits per heavy atom. The molecule has 4 heteroatoms. The van der Waals surface area contributed by atoms with Crippen LogP contribution in [0.4, 0.5) is 10.1 Å². The summed E-state index contributed by atoms with van der Waals surface area (Å²) in [7, 11) is 0. The van der Waals surface area contributed by atoms with Gasteiger partial charge in [0.15, 0.2) is 0 Å². The zero-order valence-electron chi connectivity index (χ0n) is 10.8. The van der Waals surface area contributed by atoms with Gasteiger partial charge in [-0.15, -0.1) is 11.6 Å². The SMILES string of the molecule is CC1CC(C)(C)N(C(=O)CCl)c2cc(F)ccc21. The van der Waals surface area contributed by atoms with E-state index in [0.29, 0.717) is 11.6 Å². The summed E-state index contributed by atoms with van der Waals surface area (Å²) in [6, 6.07) is 4.63. The molecule has 1 heterocycles. The normalized spacial score (nSPS) is 21.6. The van der Waals surface area contributed by atoms with Gasteiger partial charge in [0.1, 0.15) is 11.7 Å². The second-order valence-electron chi connectivity index (χ2n) is 5.48. The van der Waals surface area contributed by atoms with Crippen molar-refractivity contribution in [2.75, 3.05) is 10.8 Å². The zero-order valence-corrected chi connectivity index (χ0v) is 11.6. The first-order chi connectivity index (χ1) is 8.36. The van der Waals surface area contributed by atoms with E-state index in [1.54, 1.807) is 11.0 Å². The Kier molecular flexibility index (Phi) is 3.37. The monoisotopic (exact) mass is 269 g/mol. The summed E-state index contributed by atoms with van der Waals surface area (Å²) in [4.78, 5) is 13.7. The highest BCUT2D eigenvalue weighted by atomic mass is 35.5. The van der Waals surface area contributed by atoms with E-state index in [1.165, 1.54) is 12.1 Å². The number of fused-ring (bicyclic) bond motifs is 1. The molecule has 2 rings (SSSR count). The Labute approximate surface area is 112 Å². The van der Waals surface area contributed by atoms with Crippen LogP contribution in [0.25, 0.3) is 0 Å². The van der Waals surface area contributed by atoms with Crippen LogP contribution in [0.1, 0.15) is 38.7 Å². The van der Waals surface area contributed by atoms with Crippen molar-refractivity contribution in [3.63, 3.8) is 0 Å². The first-order valence-corrected chi connectivity index (χ1v) is 6.59. The second-order valence-corrected chi connectivity index (χ2v) is 5.75. The molecule has 0 fully saturated rings. The third-order valence-corrected chi connectivity index (χ3v) is 3.77. The molecule has 1 amide bonds. The molecule has 0 aliphatic carbocycles. The average Bonchev–Trinajstić information content (AvgIpc) is 2.26. The number of halogens is 2. The van der Waals surface area contributed by atoms with Crippen LogP contribution < -0.4 is 4.90 Å². The number of carbonyl (C=O) groups excluding carboxylic acids is 1. The molecule has 1 aliphatic rings. The van der Waals surface area contributed by atoms with Crippen LogP contribution in [0.15, 0.2) is 18.2 Å². The molecule has 1 unspecified atom stereocenters. The summed E-state index contributed by atoms with van der Waals surface area (Å²) in [5.41, 5.74) is 1.32. The minimum atomic E-state index is -0.341. The first kappa shape index (κ1) is 13.3. The topological polar surface area (TPSA) is 20.3 Å². The van der Waals surface area contributed by atoms with Crippen molar-refractivity contribution >= 4 is 23.2 Å². The maximum atomic E-state index is 13.4. The van der Waals surface area contributed by atoms with Gasteiger partial charge in [0.05, 0.1) is 5.69 Å². The Balaban J connectivity index is 2.60. The van der Waals surface area contributed by atoms with E-state index in [-0.39, 0.29) is 23.1 Å². The van der Waals surface area contributed by atoms with Gasteiger partial charge in [0.2, 0.25) is 5.91 Å². The molecule has 1 atom stereocenters. The summed E-state index contributed by atoms with van der Waals surface area (Å²) < 4.78 is 13.4. The molecule has 1 aliphatic heterocycles. The Hall–Kier alpha value is -1.09. The molecule has 0 saturated heterocycles. The smallest absolute Gasteiger partial charge is 0.242 e. The number of alkyl halides is 1. The molecule has 98 valence electrons. The Morgan fingerprint density at radius 1 is 1.56 bits per heavy atom. The number of hydrogen-bond donors (Lipinski definition) is 0. The van der Waals surface area contributed by atoms with E-state index in [9.17, 15) is 9.18 Å². The number of carbonyl (C=O) groups is 1. The predicted molar refractivity (Wildman–Crippen MR) is 71.7 cm³/mol. The van der Waals surface area contributed by atoms with Gasteiger partial charge in [0, 0.05) is 5.54 Å². The van der Waals surface area contributed by atoms with E-state index >= 15 is 0 Å². The summed E-state index contributed by atoms with van der Waals surface area (Å²) in [5.74, 6) is -0.297.